The molecule has 0 atom stereocenters. The largest absolute Gasteiger partial charge is 0.462 e. The van der Waals surface area contributed by atoms with Crippen LogP contribution in [-0.2, 0) is 4.74 Å². The van der Waals surface area contributed by atoms with Crippen LogP contribution in [0, 0.1) is 25.2 Å². The molecule has 2 aromatic rings. The number of hydrogen-bond donors (Lipinski definition) is 1. The zero-order chi connectivity index (χ0) is 17.7. The van der Waals surface area contributed by atoms with E-state index >= 15 is 0 Å². The van der Waals surface area contributed by atoms with Crippen LogP contribution in [0.5, 0.6) is 0 Å². The summed E-state index contributed by atoms with van der Waals surface area (Å²) >= 11 is 0. The number of carbonyl (C=O) groups excluding carboxylic acids is 2. The molecule has 0 saturated carbocycles. The van der Waals surface area contributed by atoms with Crippen molar-refractivity contribution in [3.8, 4) is 6.07 Å². The monoisotopic (exact) mass is 323 g/mol. The van der Waals surface area contributed by atoms with Crippen molar-refractivity contribution >= 4 is 17.8 Å². The van der Waals surface area contributed by atoms with Gasteiger partial charge in [-0.05, 0) is 38.5 Å². The highest BCUT2D eigenvalue weighted by atomic mass is 16.5. The second-order valence-corrected chi connectivity index (χ2v) is 5.13. The molecule has 0 spiro atoms. The van der Waals surface area contributed by atoms with E-state index in [1.807, 2.05) is 6.07 Å². The van der Waals surface area contributed by atoms with Crippen LogP contribution < -0.4 is 0 Å². The molecule has 2 aromatic heterocycles. The lowest BCUT2D eigenvalue weighted by Gasteiger charge is -2.05. The molecule has 0 aliphatic carbocycles. The number of nitrogens with zero attached hydrogens (tertiary/aromatic N) is 2. The number of nitriles is 1. The molecule has 0 fully saturated rings. The zero-order valence-corrected chi connectivity index (χ0v) is 13.7. The average Bonchev–Trinajstić information content (AvgIpc) is 2.87. The van der Waals surface area contributed by atoms with Crippen molar-refractivity contribution in [1.82, 2.24) is 9.97 Å². The van der Waals surface area contributed by atoms with Gasteiger partial charge in [-0.1, -0.05) is 6.07 Å². The van der Waals surface area contributed by atoms with Crippen molar-refractivity contribution in [3.05, 3.63) is 58.2 Å². The number of aromatic nitrogens is 2. The Kier molecular flexibility index (Phi) is 5.27. The molecule has 2 rings (SSSR count). The second-order valence-electron chi connectivity index (χ2n) is 5.13. The Morgan fingerprint density at radius 3 is 2.62 bits per heavy atom. The SMILES string of the molecule is CCOC(=O)c1c(C)[nH]c(C)c1C(=O)/C(C#N)=C/c1cccnc1. The van der Waals surface area contributed by atoms with E-state index in [-0.39, 0.29) is 23.3 Å². The summed E-state index contributed by atoms with van der Waals surface area (Å²) in [7, 11) is 0. The number of esters is 1. The minimum Gasteiger partial charge on any atom is -0.462 e. The standard InChI is InChI=1S/C18H17N3O3/c1-4-24-18(23)16-12(3)21-11(2)15(16)17(22)14(9-19)8-13-6-5-7-20-10-13/h5-8,10,21H,4H2,1-3H3/b14-8+. The molecule has 0 bridgehead atoms. The number of ketones is 1. The van der Waals surface area contributed by atoms with Crippen molar-refractivity contribution in [2.45, 2.75) is 20.8 Å². The van der Waals surface area contributed by atoms with E-state index in [4.69, 9.17) is 4.74 Å². The van der Waals surface area contributed by atoms with E-state index < -0.39 is 11.8 Å². The van der Waals surface area contributed by atoms with E-state index in [1.165, 1.54) is 6.08 Å². The van der Waals surface area contributed by atoms with Crippen molar-refractivity contribution < 1.29 is 14.3 Å². The number of Topliss-reactive ketones (excluding diaryl/α,β-unsaturated/α-hetero) is 1. The van der Waals surface area contributed by atoms with Gasteiger partial charge in [0.2, 0.25) is 5.78 Å². The fourth-order valence-corrected chi connectivity index (χ4v) is 2.43. The Bertz CT molecular complexity index is 842. The van der Waals surface area contributed by atoms with Gasteiger partial charge in [-0.2, -0.15) is 5.26 Å². The van der Waals surface area contributed by atoms with Crippen LogP contribution >= 0.6 is 0 Å². The topological polar surface area (TPSA) is 95.8 Å². The number of allylic oxidation sites excluding steroid dienone is 1. The summed E-state index contributed by atoms with van der Waals surface area (Å²) in [4.78, 5) is 31.9. The van der Waals surface area contributed by atoms with Crippen molar-refractivity contribution in [3.63, 3.8) is 0 Å². The average molecular weight is 323 g/mol. The summed E-state index contributed by atoms with van der Waals surface area (Å²) in [5.74, 6) is -1.10. The number of hydrogen-bond acceptors (Lipinski definition) is 5. The van der Waals surface area contributed by atoms with Gasteiger partial charge in [-0.15, -0.1) is 0 Å². The van der Waals surface area contributed by atoms with Crippen molar-refractivity contribution in [2.24, 2.45) is 0 Å². The number of H-pyrrole nitrogens is 1. The predicted octanol–water partition coefficient (Wildman–Crippen LogP) is 2.99. The Morgan fingerprint density at radius 2 is 2.04 bits per heavy atom. The first-order valence-electron chi connectivity index (χ1n) is 7.42. The maximum atomic E-state index is 12.8. The summed E-state index contributed by atoms with van der Waals surface area (Å²) in [6, 6.07) is 5.35. The normalized spacial score (nSPS) is 11.0. The van der Waals surface area contributed by atoms with Gasteiger partial charge in [0, 0.05) is 23.8 Å². The molecular weight excluding hydrogens is 306 g/mol. The molecule has 0 aromatic carbocycles. The lowest BCUT2D eigenvalue weighted by Crippen LogP contribution is -2.13. The van der Waals surface area contributed by atoms with Crippen LogP contribution in [-0.4, -0.2) is 28.3 Å². The molecule has 122 valence electrons. The molecule has 0 aliphatic rings. The maximum absolute atomic E-state index is 12.8. The molecule has 0 radical (unpaired) electrons. The number of aromatic amines is 1. The molecule has 24 heavy (non-hydrogen) atoms. The van der Waals surface area contributed by atoms with Crippen LogP contribution in [0.3, 0.4) is 0 Å². The van der Waals surface area contributed by atoms with E-state index in [0.717, 1.165) is 0 Å². The van der Waals surface area contributed by atoms with Gasteiger partial charge in [0.25, 0.3) is 0 Å². The highest BCUT2D eigenvalue weighted by molar-refractivity contribution is 6.19. The van der Waals surface area contributed by atoms with Gasteiger partial charge in [-0.3, -0.25) is 9.78 Å². The lowest BCUT2D eigenvalue weighted by atomic mass is 9.98. The maximum Gasteiger partial charge on any atom is 0.340 e. The first kappa shape index (κ1) is 17.2. The van der Waals surface area contributed by atoms with Gasteiger partial charge < -0.3 is 9.72 Å². The summed E-state index contributed by atoms with van der Waals surface area (Å²) < 4.78 is 5.02. The number of ether oxygens (including phenoxy) is 1. The van der Waals surface area contributed by atoms with Crippen LogP contribution in [0.15, 0.2) is 30.1 Å². The van der Waals surface area contributed by atoms with E-state index in [2.05, 4.69) is 9.97 Å². The van der Waals surface area contributed by atoms with Gasteiger partial charge in [-0.25, -0.2) is 4.79 Å². The third-order valence-corrected chi connectivity index (χ3v) is 3.44. The molecule has 0 amide bonds. The van der Waals surface area contributed by atoms with E-state index in [1.54, 1.807) is 45.3 Å². The third kappa shape index (κ3) is 3.41. The molecule has 6 nitrogen and oxygen atoms in total. The number of nitrogens with one attached hydrogen (secondary N) is 1. The quantitative estimate of drug-likeness (QED) is 0.395. The Morgan fingerprint density at radius 1 is 1.33 bits per heavy atom. The van der Waals surface area contributed by atoms with Crippen molar-refractivity contribution in [2.75, 3.05) is 6.61 Å². The Hall–Kier alpha value is -3.20. The van der Waals surface area contributed by atoms with Crippen LogP contribution in [0.2, 0.25) is 0 Å². The van der Waals surface area contributed by atoms with E-state index in [9.17, 15) is 14.9 Å². The summed E-state index contributed by atoms with van der Waals surface area (Å²) in [6.45, 7) is 5.26. The third-order valence-electron chi connectivity index (χ3n) is 3.44. The van der Waals surface area contributed by atoms with Gasteiger partial charge >= 0.3 is 5.97 Å². The first-order chi connectivity index (χ1) is 11.5. The van der Waals surface area contributed by atoms with Crippen molar-refractivity contribution in [1.29, 1.82) is 5.26 Å². The number of carbonyl (C=O) groups is 2. The second kappa shape index (κ2) is 7.38. The van der Waals surface area contributed by atoms with Gasteiger partial charge in [0.15, 0.2) is 0 Å². The first-order valence-corrected chi connectivity index (χ1v) is 7.42. The zero-order valence-electron chi connectivity index (χ0n) is 13.7. The Labute approximate surface area is 139 Å². The minimum absolute atomic E-state index is 0.0735. The summed E-state index contributed by atoms with van der Waals surface area (Å²) in [5.41, 5.74) is 1.95. The molecule has 1 N–H and O–H groups in total. The Balaban J connectivity index is 2.51. The predicted molar refractivity (Wildman–Crippen MR) is 88.4 cm³/mol. The van der Waals surface area contributed by atoms with Crippen LogP contribution in [0.25, 0.3) is 6.08 Å². The fraction of sp³-hybridized carbons (Fsp3) is 0.222. The van der Waals surface area contributed by atoms with Gasteiger partial charge in [0.05, 0.1) is 17.7 Å². The molecule has 2 heterocycles. The fourth-order valence-electron chi connectivity index (χ4n) is 2.43. The lowest BCUT2D eigenvalue weighted by molar-refractivity contribution is 0.0523. The number of rotatable bonds is 5. The minimum atomic E-state index is -0.582. The molecule has 0 saturated heterocycles. The molecule has 0 aliphatic heterocycles. The van der Waals surface area contributed by atoms with Gasteiger partial charge in [0.1, 0.15) is 11.6 Å². The molecule has 0 unspecified atom stereocenters. The summed E-state index contributed by atoms with van der Waals surface area (Å²) in [6.07, 6.45) is 4.60. The summed E-state index contributed by atoms with van der Waals surface area (Å²) in [5, 5.41) is 9.36. The van der Waals surface area contributed by atoms with Crippen LogP contribution in [0.1, 0.15) is 44.6 Å². The smallest absolute Gasteiger partial charge is 0.340 e. The van der Waals surface area contributed by atoms with E-state index in [0.29, 0.717) is 17.0 Å². The highest BCUT2D eigenvalue weighted by Crippen LogP contribution is 2.23. The highest BCUT2D eigenvalue weighted by Gasteiger charge is 2.27. The molecular formula is C18H17N3O3. The molecule has 6 heteroatoms. The van der Waals surface area contributed by atoms with Crippen LogP contribution in [0.4, 0.5) is 0 Å². The number of aryl methyl sites for hydroxylation is 2. The number of pyridine rings is 1.